The molecule has 1 aliphatic heterocycles. The Morgan fingerprint density at radius 3 is 2.47 bits per heavy atom. The molecule has 5 nitrogen and oxygen atoms in total. The van der Waals surface area contributed by atoms with Crippen molar-refractivity contribution in [3.63, 3.8) is 0 Å². The fraction of sp³-hybridized carbons (Fsp3) is 0.692. The molecular formula is C13H19BrN2O3. The lowest BCUT2D eigenvalue weighted by Crippen LogP contribution is -2.42. The van der Waals surface area contributed by atoms with Crippen LogP contribution in [0.15, 0.2) is 9.59 Å². The Labute approximate surface area is 120 Å². The lowest BCUT2D eigenvalue weighted by atomic mass is 9.82. The molecule has 0 amide bonds. The number of rotatable bonds is 3. The number of alkyl halides is 1. The minimum Gasteiger partial charge on any atom is -0.381 e. The molecule has 0 radical (unpaired) electrons. The topological polar surface area (TPSA) is 64.1 Å². The van der Waals surface area contributed by atoms with Gasteiger partial charge < -0.3 is 4.74 Å². The van der Waals surface area contributed by atoms with Crippen molar-refractivity contribution in [2.24, 2.45) is 5.41 Å². The van der Waals surface area contributed by atoms with Crippen LogP contribution in [-0.4, -0.2) is 28.3 Å². The molecule has 0 unspecified atom stereocenters. The molecule has 0 aliphatic carbocycles. The standard InChI is InChI=1S/C13H19BrN2O3/c1-9-10(2)12(18)16(15-11(9)17)8-13(7-14)3-5-19-6-4-13/h3-8H2,1-2H3,(H,15,17). The van der Waals surface area contributed by atoms with E-state index in [0.29, 0.717) is 30.9 Å². The van der Waals surface area contributed by atoms with Gasteiger partial charge in [0.25, 0.3) is 11.1 Å². The van der Waals surface area contributed by atoms with Crippen molar-refractivity contribution in [3.8, 4) is 0 Å². The van der Waals surface area contributed by atoms with Gasteiger partial charge in [0.1, 0.15) is 0 Å². The summed E-state index contributed by atoms with van der Waals surface area (Å²) in [5.41, 5.74) is 0.714. The predicted octanol–water partition coefficient (Wildman–Crippen LogP) is 1.35. The lowest BCUT2D eigenvalue weighted by Gasteiger charge is -2.35. The summed E-state index contributed by atoms with van der Waals surface area (Å²) >= 11 is 3.54. The van der Waals surface area contributed by atoms with Crippen molar-refractivity contribution < 1.29 is 4.74 Å². The predicted molar refractivity (Wildman–Crippen MR) is 77.1 cm³/mol. The van der Waals surface area contributed by atoms with E-state index in [9.17, 15) is 9.59 Å². The average molecular weight is 331 g/mol. The van der Waals surface area contributed by atoms with Gasteiger partial charge in [-0.2, -0.15) is 0 Å². The van der Waals surface area contributed by atoms with E-state index in [4.69, 9.17) is 4.74 Å². The van der Waals surface area contributed by atoms with Gasteiger partial charge in [0.2, 0.25) is 0 Å². The Bertz CT molecular complexity index is 570. The fourth-order valence-electron chi connectivity index (χ4n) is 2.38. The van der Waals surface area contributed by atoms with Gasteiger partial charge in [-0.15, -0.1) is 0 Å². The maximum absolute atomic E-state index is 12.2. The minimum atomic E-state index is -0.186. The number of H-pyrrole nitrogens is 1. The molecule has 1 aliphatic rings. The first kappa shape index (κ1) is 14.5. The van der Waals surface area contributed by atoms with E-state index >= 15 is 0 Å². The molecule has 1 aromatic rings. The van der Waals surface area contributed by atoms with Gasteiger partial charge in [-0.25, -0.2) is 4.68 Å². The Kier molecular flexibility index (Phi) is 4.30. The zero-order valence-corrected chi connectivity index (χ0v) is 12.9. The van der Waals surface area contributed by atoms with Crippen LogP contribution in [0.2, 0.25) is 0 Å². The average Bonchev–Trinajstić information content (AvgIpc) is 2.43. The van der Waals surface area contributed by atoms with Crippen LogP contribution in [-0.2, 0) is 11.3 Å². The molecule has 0 atom stereocenters. The summed E-state index contributed by atoms with van der Waals surface area (Å²) < 4.78 is 6.84. The van der Waals surface area contributed by atoms with Crippen molar-refractivity contribution in [2.75, 3.05) is 18.5 Å². The first-order valence-corrected chi connectivity index (χ1v) is 7.55. The number of nitrogens with one attached hydrogen (secondary N) is 1. The maximum Gasteiger partial charge on any atom is 0.268 e. The smallest absolute Gasteiger partial charge is 0.268 e. The van der Waals surface area contributed by atoms with E-state index in [-0.39, 0.29) is 16.5 Å². The molecular weight excluding hydrogens is 312 g/mol. The molecule has 106 valence electrons. The SMILES string of the molecule is Cc1c(C)c(=O)n(CC2(CBr)CCOCC2)[nH]c1=O. The fourth-order valence-corrected chi connectivity index (χ4v) is 3.11. The largest absolute Gasteiger partial charge is 0.381 e. The Morgan fingerprint density at radius 2 is 1.89 bits per heavy atom. The summed E-state index contributed by atoms with van der Waals surface area (Å²) in [6, 6.07) is 0. The Hall–Kier alpha value is -0.880. The quantitative estimate of drug-likeness (QED) is 0.851. The number of hydrogen-bond donors (Lipinski definition) is 1. The minimum absolute atomic E-state index is 0.0211. The molecule has 0 saturated carbocycles. The van der Waals surface area contributed by atoms with Crippen LogP contribution < -0.4 is 11.1 Å². The summed E-state index contributed by atoms with van der Waals surface area (Å²) in [5, 5.41) is 3.47. The second-order valence-corrected chi connectivity index (χ2v) is 5.89. The molecule has 6 heteroatoms. The number of hydrogen-bond acceptors (Lipinski definition) is 3. The Balaban J connectivity index is 2.38. The summed E-state index contributed by atoms with van der Waals surface area (Å²) in [6.45, 7) is 5.31. The van der Waals surface area contributed by atoms with Gasteiger partial charge in [-0.05, 0) is 26.7 Å². The van der Waals surface area contributed by atoms with Crippen molar-refractivity contribution in [2.45, 2.75) is 33.2 Å². The van der Waals surface area contributed by atoms with Gasteiger partial charge >= 0.3 is 0 Å². The van der Waals surface area contributed by atoms with Gasteiger partial charge in [-0.1, -0.05) is 15.9 Å². The van der Waals surface area contributed by atoms with Crippen molar-refractivity contribution in [3.05, 3.63) is 31.8 Å². The molecule has 0 spiro atoms. The van der Waals surface area contributed by atoms with Crippen LogP contribution >= 0.6 is 15.9 Å². The van der Waals surface area contributed by atoms with E-state index < -0.39 is 0 Å². The first-order valence-electron chi connectivity index (χ1n) is 6.43. The lowest BCUT2D eigenvalue weighted by molar-refractivity contribution is 0.0161. The van der Waals surface area contributed by atoms with Crippen LogP contribution in [0.4, 0.5) is 0 Å². The second kappa shape index (κ2) is 5.63. The first-order chi connectivity index (χ1) is 8.99. The zero-order chi connectivity index (χ0) is 14.0. The number of aromatic amines is 1. The van der Waals surface area contributed by atoms with Crippen LogP contribution in [0, 0.1) is 19.3 Å². The molecule has 1 N–H and O–H groups in total. The van der Waals surface area contributed by atoms with Crippen LogP contribution in [0.1, 0.15) is 24.0 Å². The van der Waals surface area contributed by atoms with E-state index in [2.05, 4.69) is 21.0 Å². The van der Waals surface area contributed by atoms with Gasteiger partial charge in [0.15, 0.2) is 0 Å². The highest BCUT2D eigenvalue weighted by molar-refractivity contribution is 9.09. The van der Waals surface area contributed by atoms with Gasteiger partial charge in [0, 0.05) is 41.6 Å². The number of nitrogens with zero attached hydrogens (tertiary/aromatic N) is 1. The van der Waals surface area contributed by atoms with E-state index in [1.165, 1.54) is 4.68 Å². The van der Waals surface area contributed by atoms with Crippen molar-refractivity contribution in [1.82, 2.24) is 9.78 Å². The normalized spacial score (nSPS) is 18.5. The summed E-state index contributed by atoms with van der Waals surface area (Å²) in [7, 11) is 0. The summed E-state index contributed by atoms with van der Waals surface area (Å²) in [6.07, 6.45) is 1.78. The second-order valence-electron chi connectivity index (χ2n) is 5.33. The maximum atomic E-state index is 12.2. The van der Waals surface area contributed by atoms with Crippen molar-refractivity contribution in [1.29, 1.82) is 0 Å². The highest BCUT2D eigenvalue weighted by Gasteiger charge is 2.32. The third-order valence-electron chi connectivity index (χ3n) is 4.04. The molecule has 1 fully saturated rings. The molecule has 1 aromatic heterocycles. The third-order valence-corrected chi connectivity index (χ3v) is 5.23. The highest BCUT2D eigenvalue weighted by Crippen LogP contribution is 2.33. The van der Waals surface area contributed by atoms with Crippen LogP contribution in [0.5, 0.6) is 0 Å². The van der Waals surface area contributed by atoms with E-state index in [1.54, 1.807) is 13.8 Å². The third kappa shape index (κ3) is 2.84. The van der Waals surface area contributed by atoms with E-state index in [1.807, 2.05) is 0 Å². The zero-order valence-electron chi connectivity index (χ0n) is 11.3. The molecule has 0 aromatic carbocycles. The molecule has 2 heterocycles. The molecule has 0 bridgehead atoms. The van der Waals surface area contributed by atoms with Gasteiger partial charge in [0.05, 0.1) is 0 Å². The van der Waals surface area contributed by atoms with E-state index in [0.717, 1.165) is 18.2 Å². The molecule has 19 heavy (non-hydrogen) atoms. The van der Waals surface area contributed by atoms with Crippen molar-refractivity contribution >= 4 is 15.9 Å². The number of halogens is 1. The van der Waals surface area contributed by atoms with Crippen LogP contribution in [0.25, 0.3) is 0 Å². The number of ether oxygens (including phenoxy) is 1. The molecule has 1 saturated heterocycles. The Morgan fingerprint density at radius 1 is 1.26 bits per heavy atom. The summed E-state index contributed by atoms with van der Waals surface area (Å²) in [4.78, 5) is 24.0. The number of aromatic nitrogens is 2. The van der Waals surface area contributed by atoms with Gasteiger partial charge in [-0.3, -0.25) is 14.7 Å². The molecule has 2 rings (SSSR count). The van der Waals surface area contributed by atoms with Crippen LogP contribution in [0.3, 0.4) is 0 Å². The monoisotopic (exact) mass is 330 g/mol. The highest BCUT2D eigenvalue weighted by atomic mass is 79.9. The summed E-state index contributed by atoms with van der Waals surface area (Å²) in [5.74, 6) is 0.